The third-order valence-corrected chi connectivity index (χ3v) is 1.02. The van der Waals surface area contributed by atoms with Gasteiger partial charge in [-0.25, -0.2) is 0 Å². The Labute approximate surface area is 55.0 Å². The minimum Gasteiger partial charge on any atom is -0.499 e. The monoisotopic (exact) mass is 134 g/mol. The Morgan fingerprint density at radius 1 is 1.75 bits per heavy atom. The molecule has 0 saturated heterocycles. The Hall–Kier alpha value is -0.170. The van der Waals surface area contributed by atoms with E-state index in [1.165, 1.54) is 0 Å². The van der Waals surface area contributed by atoms with Crippen molar-refractivity contribution in [1.82, 2.24) is 0 Å². The molecule has 0 bridgehead atoms. The zero-order valence-electron chi connectivity index (χ0n) is 5.02. The normalized spacial score (nSPS) is 12.0. The summed E-state index contributed by atoms with van der Waals surface area (Å²) in [4.78, 5) is 0. The van der Waals surface area contributed by atoms with E-state index in [1.807, 2.05) is 0 Å². The average Bonchev–Trinajstić information content (AvgIpc) is 1.66. The summed E-state index contributed by atoms with van der Waals surface area (Å²) in [5.74, 6) is 0. The Bertz CT molecular complexity index is 74.6. The first-order valence-corrected chi connectivity index (χ1v) is 3.19. The molecule has 0 radical (unpaired) electrons. The highest BCUT2D eigenvalue weighted by Crippen LogP contribution is 2.00. The molecule has 0 aliphatic heterocycles. The van der Waals surface area contributed by atoms with Crippen LogP contribution in [0.1, 0.15) is 26.2 Å². The van der Waals surface area contributed by atoms with E-state index in [9.17, 15) is 0 Å². The number of halogens is 1. The first kappa shape index (κ1) is 7.83. The average molecular weight is 135 g/mol. The lowest BCUT2D eigenvalue weighted by atomic mass is 10.2. The molecule has 0 rings (SSSR count). The van der Waals surface area contributed by atoms with Crippen molar-refractivity contribution in [1.29, 1.82) is 0 Å². The van der Waals surface area contributed by atoms with E-state index in [0.717, 1.165) is 19.3 Å². The van der Waals surface area contributed by atoms with Crippen LogP contribution in [0.15, 0.2) is 11.3 Å². The van der Waals surface area contributed by atoms with E-state index < -0.39 is 0 Å². The van der Waals surface area contributed by atoms with Crippen molar-refractivity contribution in [3.63, 3.8) is 0 Å². The van der Waals surface area contributed by atoms with Crippen molar-refractivity contribution in [3.05, 3.63) is 11.3 Å². The quantitative estimate of drug-likeness (QED) is 0.465. The third kappa shape index (κ3) is 5.83. The topological polar surface area (TPSA) is 20.2 Å². The second-order valence-corrected chi connectivity index (χ2v) is 2.06. The first-order chi connectivity index (χ1) is 3.77. The minimum atomic E-state index is -0.0848. The predicted molar refractivity (Wildman–Crippen MR) is 36.1 cm³/mol. The molecule has 0 fully saturated rings. The van der Waals surface area contributed by atoms with E-state index >= 15 is 0 Å². The lowest BCUT2D eigenvalue weighted by molar-refractivity contribution is 0.449. The molecule has 1 nitrogen and oxygen atoms in total. The van der Waals surface area contributed by atoms with Gasteiger partial charge in [0.1, 0.15) is 0 Å². The van der Waals surface area contributed by atoms with Crippen molar-refractivity contribution < 1.29 is 5.11 Å². The van der Waals surface area contributed by atoms with Crippen molar-refractivity contribution in [3.8, 4) is 0 Å². The zero-order chi connectivity index (χ0) is 6.41. The molecule has 0 heterocycles. The van der Waals surface area contributed by atoms with Crippen LogP contribution in [0.25, 0.3) is 0 Å². The maximum Gasteiger partial charge on any atom is 0.180 e. The molecule has 0 aliphatic carbocycles. The molecule has 0 unspecified atom stereocenters. The highest BCUT2D eigenvalue weighted by Gasteiger charge is 1.81. The van der Waals surface area contributed by atoms with Gasteiger partial charge in [-0.05, 0) is 30.5 Å². The molecule has 0 aromatic heterocycles. The molecule has 0 aliphatic rings. The van der Waals surface area contributed by atoms with Crippen LogP contribution in [-0.2, 0) is 0 Å². The van der Waals surface area contributed by atoms with Crippen LogP contribution < -0.4 is 0 Å². The van der Waals surface area contributed by atoms with Gasteiger partial charge in [0, 0.05) is 0 Å². The summed E-state index contributed by atoms with van der Waals surface area (Å²) in [5, 5.41) is 8.32. The molecule has 8 heavy (non-hydrogen) atoms. The molecule has 0 atom stereocenters. The standard InChI is InChI=1S/C6H11ClO/c1-2-3-4-5-6(7)8/h5,8H,2-4H2,1H3/b6-5+. The van der Waals surface area contributed by atoms with E-state index in [2.05, 4.69) is 6.92 Å². The van der Waals surface area contributed by atoms with Crippen molar-refractivity contribution in [2.75, 3.05) is 0 Å². The van der Waals surface area contributed by atoms with Crippen LogP contribution >= 0.6 is 11.6 Å². The number of aliphatic hydroxyl groups excluding tert-OH is 1. The number of aliphatic hydroxyl groups is 1. The van der Waals surface area contributed by atoms with Gasteiger partial charge in [-0.2, -0.15) is 0 Å². The van der Waals surface area contributed by atoms with Crippen LogP contribution in [-0.4, -0.2) is 5.11 Å². The van der Waals surface area contributed by atoms with Gasteiger partial charge in [0.2, 0.25) is 0 Å². The fourth-order valence-electron chi connectivity index (χ4n) is 0.425. The van der Waals surface area contributed by atoms with Crippen LogP contribution in [0.4, 0.5) is 0 Å². The van der Waals surface area contributed by atoms with Crippen molar-refractivity contribution in [2.45, 2.75) is 26.2 Å². The molecule has 1 N–H and O–H groups in total. The second-order valence-electron chi connectivity index (χ2n) is 1.67. The van der Waals surface area contributed by atoms with Gasteiger partial charge in [0.15, 0.2) is 5.22 Å². The van der Waals surface area contributed by atoms with E-state index in [-0.39, 0.29) is 5.22 Å². The van der Waals surface area contributed by atoms with E-state index in [0.29, 0.717) is 0 Å². The molecular formula is C6H11ClO. The lowest BCUT2D eigenvalue weighted by Crippen LogP contribution is -1.69. The smallest absolute Gasteiger partial charge is 0.180 e. The van der Waals surface area contributed by atoms with Gasteiger partial charge < -0.3 is 5.11 Å². The van der Waals surface area contributed by atoms with Gasteiger partial charge in [-0.3, -0.25) is 0 Å². The number of hydrogen-bond donors (Lipinski definition) is 1. The Morgan fingerprint density at radius 2 is 2.38 bits per heavy atom. The predicted octanol–water partition coefficient (Wildman–Crippen LogP) is 2.81. The Balaban J connectivity index is 3.03. The van der Waals surface area contributed by atoms with Gasteiger partial charge >= 0.3 is 0 Å². The summed E-state index contributed by atoms with van der Waals surface area (Å²) >= 11 is 5.13. The minimum absolute atomic E-state index is 0.0848. The molecule has 0 aromatic rings. The molecular weight excluding hydrogens is 124 g/mol. The SMILES string of the molecule is CCCC/C=C(/O)Cl. The van der Waals surface area contributed by atoms with Crippen LogP contribution in [0, 0.1) is 0 Å². The molecule has 48 valence electrons. The van der Waals surface area contributed by atoms with Crippen LogP contribution in [0.5, 0.6) is 0 Å². The molecule has 0 amide bonds. The fourth-order valence-corrected chi connectivity index (χ4v) is 0.534. The summed E-state index contributed by atoms with van der Waals surface area (Å²) in [6, 6.07) is 0. The van der Waals surface area contributed by atoms with Gasteiger partial charge in [0.25, 0.3) is 0 Å². The van der Waals surface area contributed by atoms with Crippen molar-refractivity contribution >= 4 is 11.6 Å². The number of unbranched alkanes of at least 4 members (excludes halogenated alkanes) is 2. The second kappa shape index (κ2) is 4.98. The first-order valence-electron chi connectivity index (χ1n) is 2.82. The highest BCUT2D eigenvalue weighted by atomic mass is 35.5. The largest absolute Gasteiger partial charge is 0.499 e. The summed E-state index contributed by atoms with van der Waals surface area (Å²) < 4.78 is 0. The van der Waals surface area contributed by atoms with Crippen LogP contribution in [0.2, 0.25) is 0 Å². The molecule has 0 spiro atoms. The van der Waals surface area contributed by atoms with E-state index in [4.69, 9.17) is 16.7 Å². The maximum absolute atomic E-state index is 8.41. The fraction of sp³-hybridized carbons (Fsp3) is 0.667. The van der Waals surface area contributed by atoms with Crippen molar-refractivity contribution in [2.24, 2.45) is 0 Å². The molecule has 0 saturated carbocycles. The van der Waals surface area contributed by atoms with Gasteiger partial charge in [0.05, 0.1) is 0 Å². The Morgan fingerprint density at radius 3 is 2.75 bits per heavy atom. The molecule has 0 aromatic carbocycles. The maximum atomic E-state index is 8.41. The zero-order valence-corrected chi connectivity index (χ0v) is 5.78. The van der Waals surface area contributed by atoms with Crippen LogP contribution in [0.3, 0.4) is 0 Å². The molecule has 2 heteroatoms. The summed E-state index contributed by atoms with van der Waals surface area (Å²) in [5.41, 5.74) is 0. The third-order valence-electron chi connectivity index (χ3n) is 0.870. The summed E-state index contributed by atoms with van der Waals surface area (Å²) in [6.07, 6.45) is 4.73. The Kier molecular flexibility index (Phi) is 4.87. The summed E-state index contributed by atoms with van der Waals surface area (Å²) in [6.45, 7) is 2.10. The number of allylic oxidation sites excluding steroid dienone is 1. The summed E-state index contributed by atoms with van der Waals surface area (Å²) in [7, 11) is 0. The van der Waals surface area contributed by atoms with Gasteiger partial charge in [-0.15, -0.1) is 0 Å². The van der Waals surface area contributed by atoms with Gasteiger partial charge in [-0.1, -0.05) is 13.3 Å². The van der Waals surface area contributed by atoms with E-state index in [1.54, 1.807) is 6.08 Å². The highest BCUT2D eigenvalue weighted by molar-refractivity contribution is 6.27. The lowest BCUT2D eigenvalue weighted by Gasteiger charge is -1.86. The number of hydrogen-bond acceptors (Lipinski definition) is 1. The number of rotatable bonds is 3.